The Labute approximate surface area is 116 Å². The van der Waals surface area contributed by atoms with Gasteiger partial charge in [0.05, 0.1) is 12.6 Å². The van der Waals surface area contributed by atoms with E-state index in [1.165, 1.54) is 4.90 Å². The summed E-state index contributed by atoms with van der Waals surface area (Å²) in [6, 6.07) is 7.59. The van der Waals surface area contributed by atoms with Gasteiger partial charge in [0.25, 0.3) is 5.89 Å². The van der Waals surface area contributed by atoms with Crippen molar-refractivity contribution < 1.29 is 9.26 Å². The summed E-state index contributed by atoms with van der Waals surface area (Å²) >= 11 is 1.69. The number of benzene rings is 1. The summed E-state index contributed by atoms with van der Waals surface area (Å²) in [6.07, 6.45) is 2.03. The van der Waals surface area contributed by atoms with Crippen LogP contribution in [0.3, 0.4) is 0 Å². The molecule has 1 atom stereocenters. The average molecular weight is 279 g/mol. The van der Waals surface area contributed by atoms with E-state index in [0.29, 0.717) is 24.9 Å². The average Bonchev–Trinajstić information content (AvgIpc) is 2.94. The molecule has 1 unspecified atom stereocenters. The minimum absolute atomic E-state index is 0.358. The highest BCUT2D eigenvalue weighted by Gasteiger charge is 2.15. The van der Waals surface area contributed by atoms with Crippen LogP contribution in [0.4, 0.5) is 0 Å². The first-order valence-corrected chi connectivity index (χ1v) is 7.28. The molecule has 0 fully saturated rings. The number of nitrogens with two attached hydrogens (primary N) is 1. The predicted molar refractivity (Wildman–Crippen MR) is 74.9 cm³/mol. The van der Waals surface area contributed by atoms with Gasteiger partial charge in [0.2, 0.25) is 0 Å². The summed E-state index contributed by atoms with van der Waals surface area (Å²) in [7, 11) is 0. The molecule has 1 aromatic heterocycles. The van der Waals surface area contributed by atoms with Crippen LogP contribution in [0.25, 0.3) is 11.5 Å². The van der Waals surface area contributed by atoms with Crippen LogP contribution >= 0.6 is 11.8 Å². The van der Waals surface area contributed by atoms with E-state index in [4.69, 9.17) is 15.0 Å². The molecule has 0 radical (unpaired) electrons. The Kier molecular flexibility index (Phi) is 4.95. The molecule has 102 valence electrons. The summed E-state index contributed by atoms with van der Waals surface area (Å²) < 4.78 is 10.5. The molecule has 2 N–H and O–H groups in total. The Morgan fingerprint density at radius 1 is 1.37 bits per heavy atom. The SMILES string of the molecule is CCOCC(N)c1noc(-c2ccc(SC)cc2)n1. The van der Waals surface area contributed by atoms with Crippen molar-refractivity contribution in [2.24, 2.45) is 5.73 Å². The lowest BCUT2D eigenvalue weighted by Crippen LogP contribution is -2.18. The highest BCUT2D eigenvalue weighted by Crippen LogP contribution is 2.22. The van der Waals surface area contributed by atoms with E-state index in [0.717, 1.165) is 5.56 Å². The molecule has 0 saturated carbocycles. The highest BCUT2D eigenvalue weighted by molar-refractivity contribution is 7.98. The van der Waals surface area contributed by atoms with Gasteiger partial charge in [0.15, 0.2) is 5.82 Å². The van der Waals surface area contributed by atoms with Gasteiger partial charge in [-0.2, -0.15) is 4.98 Å². The predicted octanol–water partition coefficient (Wildman–Crippen LogP) is 2.49. The van der Waals surface area contributed by atoms with Crippen LogP contribution in [-0.2, 0) is 4.74 Å². The fourth-order valence-electron chi connectivity index (χ4n) is 1.56. The normalized spacial score (nSPS) is 12.6. The zero-order chi connectivity index (χ0) is 13.7. The molecule has 2 aromatic rings. The minimum atomic E-state index is -0.358. The molecule has 0 aliphatic rings. The molecular weight excluding hydrogens is 262 g/mol. The number of hydrogen-bond donors (Lipinski definition) is 1. The van der Waals surface area contributed by atoms with Gasteiger partial charge in [0, 0.05) is 17.1 Å². The van der Waals surface area contributed by atoms with E-state index in [9.17, 15) is 0 Å². The summed E-state index contributed by atoms with van der Waals surface area (Å²) in [5.41, 5.74) is 6.79. The fraction of sp³-hybridized carbons (Fsp3) is 0.385. The number of hydrogen-bond acceptors (Lipinski definition) is 6. The van der Waals surface area contributed by atoms with Gasteiger partial charge < -0.3 is 15.0 Å². The van der Waals surface area contributed by atoms with Gasteiger partial charge in [-0.25, -0.2) is 0 Å². The van der Waals surface area contributed by atoms with E-state index < -0.39 is 0 Å². The number of aromatic nitrogens is 2. The maximum Gasteiger partial charge on any atom is 0.257 e. The van der Waals surface area contributed by atoms with Crippen LogP contribution in [0.15, 0.2) is 33.7 Å². The number of thioether (sulfide) groups is 1. The van der Waals surface area contributed by atoms with Crippen LogP contribution in [0.1, 0.15) is 18.8 Å². The van der Waals surface area contributed by atoms with Gasteiger partial charge in [-0.1, -0.05) is 5.16 Å². The molecule has 0 saturated heterocycles. The maximum atomic E-state index is 5.90. The van der Waals surface area contributed by atoms with E-state index in [2.05, 4.69) is 10.1 Å². The van der Waals surface area contributed by atoms with Gasteiger partial charge >= 0.3 is 0 Å². The summed E-state index contributed by atoms with van der Waals surface area (Å²) in [6.45, 7) is 2.93. The number of rotatable bonds is 6. The van der Waals surface area contributed by atoms with Crippen molar-refractivity contribution in [1.82, 2.24) is 10.1 Å². The molecular formula is C13H17N3O2S. The topological polar surface area (TPSA) is 74.2 Å². The Hall–Kier alpha value is -1.37. The fourth-order valence-corrected chi connectivity index (χ4v) is 1.96. The Morgan fingerprint density at radius 3 is 2.74 bits per heavy atom. The number of ether oxygens (including phenoxy) is 1. The second kappa shape index (κ2) is 6.70. The number of nitrogens with zero attached hydrogens (tertiary/aromatic N) is 2. The van der Waals surface area contributed by atoms with Crippen molar-refractivity contribution in [3.8, 4) is 11.5 Å². The van der Waals surface area contributed by atoms with Crippen molar-refractivity contribution in [2.75, 3.05) is 19.5 Å². The summed E-state index contributed by atoms with van der Waals surface area (Å²) in [5, 5.41) is 3.89. The van der Waals surface area contributed by atoms with E-state index in [1.807, 2.05) is 37.4 Å². The van der Waals surface area contributed by atoms with Crippen LogP contribution in [0, 0.1) is 0 Å². The second-order valence-corrected chi connectivity index (χ2v) is 4.83. The third-order valence-corrected chi connectivity index (χ3v) is 3.36. The first-order valence-electron chi connectivity index (χ1n) is 6.06. The van der Waals surface area contributed by atoms with Crippen molar-refractivity contribution in [1.29, 1.82) is 0 Å². The van der Waals surface area contributed by atoms with Crippen molar-refractivity contribution in [2.45, 2.75) is 17.9 Å². The van der Waals surface area contributed by atoms with Crippen molar-refractivity contribution >= 4 is 11.8 Å². The summed E-state index contributed by atoms with van der Waals surface area (Å²) in [4.78, 5) is 5.49. The summed E-state index contributed by atoms with van der Waals surface area (Å²) in [5.74, 6) is 0.951. The minimum Gasteiger partial charge on any atom is -0.380 e. The first-order chi connectivity index (χ1) is 9.24. The van der Waals surface area contributed by atoms with Crippen LogP contribution in [-0.4, -0.2) is 29.6 Å². The Morgan fingerprint density at radius 2 is 2.11 bits per heavy atom. The molecule has 1 heterocycles. The standard InChI is InChI=1S/C13H17N3O2S/c1-3-17-8-11(14)12-15-13(18-16-12)9-4-6-10(19-2)7-5-9/h4-7,11H,3,8,14H2,1-2H3. The monoisotopic (exact) mass is 279 g/mol. The maximum absolute atomic E-state index is 5.90. The van der Waals surface area contributed by atoms with E-state index >= 15 is 0 Å². The first kappa shape index (κ1) is 14.0. The smallest absolute Gasteiger partial charge is 0.257 e. The van der Waals surface area contributed by atoms with E-state index in [-0.39, 0.29) is 6.04 Å². The van der Waals surface area contributed by atoms with E-state index in [1.54, 1.807) is 11.8 Å². The molecule has 0 aliphatic heterocycles. The molecule has 0 aliphatic carbocycles. The zero-order valence-electron chi connectivity index (χ0n) is 11.0. The second-order valence-electron chi connectivity index (χ2n) is 3.95. The Bertz CT molecular complexity index is 513. The van der Waals surface area contributed by atoms with Crippen LogP contribution in [0.5, 0.6) is 0 Å². The largest absolute Gasteiger partial charge is 0.380 e. The van der Waals surface area contributed by atoms with Crippen molar-refractivity contribution in [3.63, 3.8) is 0 Å². The molecule has 5 nitrogen and oxygen atoms in total. The third kappa shape index (κ3) is 3.56. The molecule has 19 heavy (non-hydrogen) atoms. The zero-order valence-corrected chi connectivity index (χ0v) is 11.8. The van der Waals surface area contributed by atoms with Gasteiger partial charge in [-0.05, 0) is 37.4 Å². The highest BCUT2D eigenvalue weighted by atomic mass is 32.2. The molecule has 2 rings (SSSR count). The lowest BCUT2D eigenvalue weighted by Gasteiger charge is -2.05. The van der Waals surface area contributed by atoms with Gasteiger partial charge in [-0.15, -0.1) is 11.8 Å². The van der Waals surface area contributed by atoms with Crippen LogP contribution in [0.2, 0.25) is 0 Å². The molecule has 0 amide bonds. The van der Waals surface area contributed by atoms with Crippen molar-refractivity contribution in [3.05, 3.63) is 30.1 Å². The lowest BCUT2D eigenvalue weighted by molar-refractivity contribution is 0.130. The molecule has 0 spiro atoms. The lowest BCUT2D eigenvalue weighted by atomic mass is 10.2. The Balaban J connectivity index is 2.11. The third-order valence-electron chi connectivity index (χ3n) is 2.61. The molecule has 6 heteroatoms. The van der Waals surface area contributed by atoms with Gasteiger partial charge in [0.1, 0.15) is 0 Å². The molecule has 0 bridgehead atoms. The van der Waals surface area contributed by atoms with Gasteiger partial charge in [-0.3, -0.25) is 0 Å². The molecule has 1 aromatic carbocycles. The van der Waals surface area contributed by atoms with Crippen LogP contribution < -0.4 is 5.73 Å². The quantitative estimate of drug-likeness (QED) is 0.819.